The topological polar surface area (TPSA) is 83.5 Å². The Bertz CT molecular complexity index is 1070. The van der Waals surface area contributed by atoms with Gasteiger partial charge in [0, 0.05) is 41.6 Å². The van der Waals surface area contributed by atoms with E-state index in [1.807, 2.05) is 17.5 Å². The highest BCUT2D eigenvalue weighted by Gasteiger charge is 2.23. The van der Waals surface area contributed by atoms with Gasteiger partial charge >= 0.3 is 0 Å². The molecule has 2 aromatic carbocycles. The number of phenols is 1. The van der Waals surface area contributed by atoms with Gasteiger partial charge in [-0.1, -0.05) is 35.9 Å². The van der Waals surface area contributed by atoms with Crippen LogP contribution in [0.15, 0.2) is 47.8 Å². The van der Waals surface area contributed by atoms with Gasteiger partial charge < -0.3 is 20.5 Å². The Labute approximate surface area is 199 Å². The van der Waals surface area contributed by atoms with Crippen LogP contribution in [0.4, 0.5) is 5.13 Å². The SMILES string of the molecule is COc1ccc(CN[C@H]2CC[C@@H](CC(=O)Nc3nc(-c4ccc(C)cc4)cs3)CC2)c(O)c1. The fourth-order valence-corrected chi connectivity index (χ4v) is 5.00. The maximum Gasteiger partial charge on any atom is 0.226 e. The quantitative estimate of drug-likeness (QED) is 0.409. The second kappa shape index (κ2) is 10.8. The van der Waals surface area contributed by atoms with Gasteiger partial charge in [0.05, 0.1) is 12.8 Å². The predicted molar refractivity (Wildman–Crippen MR) is 133 cm³/mol. The smallest absolute Gasteiger partial charge is 0.226 e. The van der Waals surface area contributed by atoms with Crippen molar-refractivity contribution in [3.8, 4) is 22.8 Å². The number of hydrogen-bond acceptors (Lipinski definition) is 6. The van der Waals surface area contributed by atoms with Crippen molar-refractivity contribution in [3.63, 3.8) is 0 Å². The lowest BCUT2D eigenvalue weighted by Gasteiger charge is -2.29. The number of rotatable bonds is 8. The van der Waals surface area contributed by atoms with Crippen LogP contribution in [0.3, 0.4) is 0 Å². The molecule has 0 aliphatic heterocycles. The van der Waals surface area contributed by atoms with Gasteiger partial charge in [-0.25, -0.2) is 4.98 Å². The number of phenolic OH excluding ortho intramolecular Hbond substituents is 1. The largest absolute Gasteiger partial charge is 0.507 e. The third kappa shape index (κ3) is 6.33. The highest BCUT2D eigenvalue weighted by molar-refractivity contribution is 7.14. The summed E-state index contributed by atoms with van der Waals surface area (Å²) in [5.41, 5.74) is 4.04. The zero-order chi connectivity index (χ0) is 23.2. The lowest BCUT2D eigenvalue weighted by Crippen LogP contribution is -2.33. The molecular weight excluding hydrogens is 434 g/mol. The number of nitrogens with zero attached hydrogens (tertiary/aromatic N) is 1. The Balaban J connectivity index is 1.20. The third-order valence-corrected chi connectivity index (χ3v) is 7.05. The maximum atomic E-state index is 12.6. The number of ether oxygens (including phenoxy) is 1. The molecule has 6 nitrogen and oxygen atoms in total. The molecule has 1 aromatic heterocycles. The van der Waals surface area contributed by atoms with E-state index < -0.39 is 0 Å². The number of methoxy groups -OCH3 is 1. The van der Waals surface area contributed by atoms with Crippen molar-refractivity contribution in [2.75, 3.05) is 12.4 Å². The Morgan fingerprint density at radius 1 is 1.15 bits per heavy atom. The lowest BCUT2D eigenvalue weighted by atomic mass is 9.84. The van der Waals surface area contributed by atoms with Crippen LogP contribution >= 0.6 is 11.3 Å². The van der Waals surface area contributed by atoms with Crippen LogP contribution in [0, 0.1) is 12.8 Å². The Kier molecular flexibility index (Phi) is 7.62. The summed E-state index contributed by atoms with van der Waals surface area (Å²) in [5, 5.41) is 19.3. The molecule has 1 amide bonds. The number of benzene rings is 2. The molecule has 1 aliphatic rings. The number of aromatic hydroxyl groups is 1. The van der Waals surface area contributed by atoms with E-state index in [4.69, 9.17) is 4.74 Å². The summed E-state index contributed by atoms with van der Waals surface area (Å²) in [4.78, 5) is 17.1. The fourth-order valence-electron chi connectivity index (χ4n) is 4.27. The number of aryl methyl sites for hydroxylation is 1. The van der Waals surface area contributed by atoms with Crippen LogP contribution in [0.25, 0.3) is 11.3 Å². The summed E-state index contributed by atoms with van der Waals surface area (Å²) in [6.45, 7) is 2.69. The van der Waals surface area contributed by atoms with Gasteiger partial charge in [-0.3, -0.25) is 4.79 Å². The predicted octanol–water partition coefficient (Wildman–Crippen LogP) is 5.51. The summed E-state index contributed by atoms with van der Waals surface area (Å²) in [5.74, 6) is 1.34. The van der Waals surface area contributed by atoms with Gasteiger partial charge in [-0.2, -0.15) is 0 Å². The number of amides is 1. The van der Waals surface area contributed by atoms with Gasteiger partial charge in [0.25, 0.3) is 0 Å². The van der Waals surface area contributed by atoms with Crippen LogP contribution in [-0.2, 0) is 11.3 Å². The van der Waals surface area contributed by atoms with Crippen molar-refractivity contribution in [2.24, 2.45) is 5.92 Å². The molecule has 3 N–H and O–H groups in total. The Morgan fingerprint density at radius 3 is 2.61 bits per heavy atom. The van der Waals surface area contributed by atoms with Crippen LogP contribution in [0.1, 0.15) is 43.2 Å². The van der Waals surface area contributed by atoms with Crippen LogP contribution in [-0.4, -0.2) is 29.1 Å². The molecule has 0 bridgehead atoms. The Hall–Kier alpha value is -2.90. The monoisotopic (exact) mass is 465 g/mol. The van der Waals surface area contributed by atoms with Crippen molar-refractivity contribution in [2.45, 2.75) is 51.6 Å². The molecule has 174 valence electrons. The molecule has 0 atom stereocenters. The highest BCUT2D eigenvalue weighted by atomic mass is 32.1. The minimum Gasteiger partial charge on any atom is -0.507 e. The average molecular weight is 466 g/mol. The van der Waals surface area contributed by atoms with Crippen LogP contribution in [0.2, 0.25) is 0 Å². The standard InChI is InChI=1S/C26H31N3O3S/c1-17-3-7-19(8-4-17)23-16-33-26(28-23)29-25(31)13-18-5-10-21(11-6-18)27-15-20-9-12-22(32-2)14-24(20)30/h3-4,7-9,12,14,16,18,21,27,30H,5-6,10-11,13,15H2,1-2H3,(H,28,29,31)/t18-,21+. The van der Waals surface area contributed by atoms with Crippen molar-refractivity contribution in [3.05, 3.63) is 59.0 Å². The van der Waals surface area contributed by atoms with Crippen molar-refractivity contribution >= 4 is 22.4 Å². The van der Waals surface area contributed by atoms with Crippen LogP contribution < -0.4 is 15.4 Å². The summed E-state index contributed by atoms with van der Waals surface area (Å²) in [7, 11) is 1.59. The zero-order valence-electron chi connectivity index (χ0n) is 19.1. The molecule has 4 rings (SSSR count). The maximum absolute atomic E-state index is 12.6. The molecule has 1 saturated carbocycles. The summed E-state index contributed by atoms with van der Waals surface area (Å²) >= 11 is 1.47. The molecule has 0 spiro atoms. The summed E-state index contributed by atoms with van der Waals surface area (Å²) < 4.78 is 5.13. The second-order valence-corrected chi connectivity index (χ2v) is 9.61. The van der Waals surface area contributed by atoms with Crippen molar-refractivity contribution in [1.82, 2.24) is 10.3 Å². The number of anilines is 1. The van der Waals surface area contributed by atoms with E-state index in [0.717, 1.165) is 42.5 Å². The van der Waals surface area contributed by atoms with Gasteiger partial charge in [0.2, 0.25) is 5.91 Å². The number of nitrogens with one attached hydrogen (secondary N) is 2. The van der Waals surface area contributed by atoms with Gasteiger partial charge in [0.15, 0.2) is 5.13 Å². The van der Waals surface area contributed by atoms with E-state index in [-0.39, 0.29) is 11.7 Å². The third-order valence-electron chi connectivity index (χ3n) is 6.29. The normalized spacial score (nSPS) is 18.1. The van der Waals surface area contributed by atoms with Crippen LogP contribution in [0.5, 0.6) is 11.5 Å². The van der Waals surface area contributed by atoms with E-state index in [1.165, 1.54) is 16.9 Å². The van der Waals surface area contributed by atoms with Crippen molar-refractivity contribution < 1.29 is 14.6 Å². The van der Waals surface area contributed by atoms with Gasteiger partial charge in [0.1, 0.15) is 11.5 Å². The molecule has 1 aliphatic carbocycles. The van der Waals surface area contributed by atoms with E-state index in [1.54, 1.807) is 13.2 Å². The summed E-state index contributed by atoms with van der Waals surface area (Å²) in [6.07, 6.45) is 4.64. The first-order chi connectivity index (χ1) is 16.0. The molecular formula is C26H31N3O3S. The van der Waals surface area contributed by atoms with E-state index in [0.29, 0.717) is 35.8 Å². The second-order valence-electron chi connectivity index (χ2n) is 8.75. The number of thiazole rings is 1. The van der Waals surface area contributed by atoms with E-state index in [2.05, 4.69) is 46.8 Å². The first kappa shape index (κ1) is 23.3. The minimum atomic E-state index is 0.0411. The van der Waals surface area contributed by atoms with Gasteiger partial charge in [-0.05, 0) is 44.6 Å². The lowest BCUT2D eigenvalue weighted by molar-refractivity contribution is -0.117. The molecule has 0 radical (unpaired) electrons. The molecule has 3 aromatic rings. The summed E-state index contributed by atoms with van der Waals surface area (Å²) in [6, 6.07) is 14.0. The van der Waals surface area contributed by atoms with Crippen molar-refractivity contribution in [1.29, 1.82) is 0 Å². The molecule has 33 heavy (non-hydrogen) atoms. The van der Waals surface area contributed by atoms with Gasteiger partial charge in [-0.15, -0.1) is 11.3 Å². The fraction of sp³-hybridized carbons (Fsp3) is 0.385. The first-order valence-corrected chi connectivity index (χ1v) is 12.3. The number of hydrogen-bond donors (Lipinski definition) is 3. The van der Waals surface area contributed by atoms with E-state index in [9.17, 15) is 9.90 Å². The number of carbonyl (C=O) groups excluding carboxylic acids is 1. The number of carbonyl (C=O) groups is 1. The Morgan fingerprint density at radius 2 is 1.91 bits per heavy atom. The molecule has 7 heteroatoms. The molecule has 0 unspecified atom stereocenters. The zero-order valence-corrected chi connectivity index (χ0v) is 20.0. The first-order valence-electron chi connectivity index (χ1n) is 11.4. The number of aromatic nitrogens is 1. The minimum absolute atomic E-state index is 0.0411. The highest BCUT2D eigenvalue weighted by Crippen LogP contribution is 2.30. The molecule has 1 fully saturated rings. The van der Waals surface area contributed by atoms with E-state index >= 15 is 0 Å². The molecule has 0 saturated heterocycles. The average Bonchev–Trinajstić information content (AvgIpc) is 3.28. The molecule has 1 heterocycles.